The van der Waals surface area contributed by atoms with Crippen molar-refractivity contribution in [2.24, 2.45) is 29.1 Å². The molecule has 3 aliphatic carbocycles. The van der Waals surface area contributed by atoms with E-state index in [9.17, 15) is 14.7 Å². The second-order valence-corrected chi connectivity index (χ2v) is 12.6. The quantitative estimate of drug-likeness (QED) is 0.297. The lowest BCUT2D eigenvalue weighted by Crippen LogP contribution is -2.40. The number of esters is 1. The number of allylic oxidation sites excluding steroid dienone is 5. The smallest absolute Gasteiger partial charge is 0.303 e. The Balaban J connectivity index is 1.75. The van der Waals surface area contributed by atoms with Crippen LogP contribution in [0.4, 0.5) is 0 Å². The Kier molecular flexibility index (Phi) is 8.60. The van der Waals surface area contributed by atoms with Gasteiger partial charge in [-0.1, -0.05) is 62.8 Å². The Hall–Kier alpha value is -1.94. The minimum atomic E-state index is -1.24. The fourth-order valence-electron chi connectivity index (χ4n) is 7.05. The van der Waals surface area contributed by atoms with Crippen molar-refractivity contribution in [3.05, 3.63) is 47.6 Å². The fourth-order valence-corrected chi connectivity index (χ4v) is 7.05. The van der Waals surface area contributed by atoms with Gasteiger partial charge >= 0.3 is 5.97 Å². The van der Waals surface area contributed by atoms with Gasteiger partial charge in [0, 0.05) is 19.3 Å². The van der Waals surface area contributed by atoms with E-state index in [4.69, 9.17) is 4.74 Å². The van der Waals surface area contributed by atoms with Crippen molar-refractivity contribution in [3.63, 3.8) is 0 Å². The number of rotatable bonds is 7. The molecule has 3 saturated carbocycles. The van der Waals surface area contributed by atoms with Crippen LogP contribution in [0.5, 0.6) is 0 Å². The number of ketones is 1. The zero-order valence-electron chi connectivity index (χ0n) is 23.7. The number of carbonyl (C=O) groups is 2. The van der Waals surface area contributed by atoms with Gasteiger partial charge in [0.05, 0.1) is 0 Å². The van der Waals surface area contributed by atoms with Crippen molar-refractivity contribution in [3.8, 4) is 0 Å². The van der Waals surface area contributed by atoms with Crippen LogP contribution < -0.4 is 0 Å². The molecule has 0 bridgehead atoms. The lowest BCUT2D eigenvalue weighted by molar-refractivity contribution is -0.156. The number of ether oxygens (including phenoxy) is 1. The van der Waals surface area contributed by atoms with Crippen LogP contribution in [0.15, 0.2) is 47.6 Å². The van der Waals surface area contributed by atoms with Gasteiger partial charge in [-0.15, -0.1) is 0 Å². The zero-order valence-corrected chi connectivity index (χ0v) is 23.7. The first-order valence-electron chi connectivity index (χ1n) is 13.9. The highest BCUT2D eigenvalue weighted by atomic mass is 16.6. The minimum Gasteiger partial charge on any atom is -0.459 e. The summed E-state index contributed by atoms with van der Waals surface area (Å²) in [5.41, 5.74) is 2.09. The van der Waals surface area contributed by atoms with Crippen molar-refractivity contribution in [2.75, 3.05) is 0 Å². The van der Waals surface area contributed by atoms with E-state index in [1.807, 2.05) is 13.8 Å². The maximum atomic E-state index is 12.0. The van der Waals surface area contributed by atoms with E-state index in [0.29, 0.717) is 37.0 Å². The molecule has 0 aromatic carbocycles. The molecule has 0 aromatic heterocycles. The largest absolute Gasteiger partial charge is 0.459 e. The number of hydrogen-bond acceptors (Lipinski definition) is 4. The number of carbonyl (C=O) groups excluding carboxylic acids is 2. The molecule has 0 amide bonds. The van der Waals surface area contributed by atoms with E-state index < -0.39 is 11.2 Å². The number of aliphatic hydroxyl groups is 1. The molecule has 36 heavy (non-hydrogen) atoms. The van der Waals surface area contributed by atoms with Crippen LogP contribution in [0.1, 0.15) is 99.8 Å². The minimum absolute atomic E-state index is 0.138. The molecule has 4 heteroatoms. The Morgan fingerprint density at radius 2 is 1.81 bits per heavy atom. The molecule has 6 atom stereocenters. The van der Waals surface area contributed by atoms with Gasteiger partial charge in [0.1, 0.15) is 11.2 Å². The highest BCUT2D eigenvalue weighted by Gasteiger charge is 2.50. The van der Waals surface area contributed by atoms with E-state index in [2.05, 4.69) is 51.7 Å². The summed E-state index contributed by atoms with van der Waals surface area (Å²) in [5.74, 6) is 1.40. The molecule has 0 heterocycles. The van der Waals surface area contributed by atoms with E-state index in [1.165, 1.54) is 45.1 Å². The van der Waals surface area contributed by atoms with Gasteiger partial charge in [0.15, 0.2) is 5.78 Å². The number of Topliss-reactive ketones (excluding diaryl/α,β-unsaturated/α-hetero) is 1. The second kappa shape index (κ2) is 10.8. The third-order valence-corrected chi connectivity index (χ3v) is 9.81. The summed E-state index contributed by atoms with van der Waals surface area (Å²) in [4.78, 5) is 23.5. The van der Waals surface area contributed by atoms with Crippen molar-refractivity contribution < 1.29 is 19.4 Å². The van der Waals surface area contributed by atoms with Crippen LogP contribution in [-0.4, -0.2) is 28.1 Å². The molecule has 0 aliphatic heterocycles. The first kappa shape index (κ1) is 28.6. The van der Waals surface area contributed by atoms with Crippen molar-refractivity contribution in [1.29, 1.82) is 0 Å². The molecule has 3 fully saturated rings. The third-order valence-electron chi connectivity index (χ3n) is 9.81. The van der Waals surface area contributed by atoms with Crippen LogP contribution in [0, 0.1) is 29.1 Å². The molecule has 3 rings (SSSR count). The maximum absolute atomic E-state index is 12.0. The molecule has 0 spiro atoms. The summed E-state index contributed by atoms with van der Waals surface area (Å²) < 4.78 is 5.54. The Morgan fingerprint density at radius 1 is 1.11 bits per heavy atom. The Bertz CT molecular complexity index is 967. The molecule has 1 N–H and O–H groups in total. The predicted octanol–water partition coefficient (Wildman–Crippen LogP) is 7.29. The van der Waals surface area contributed by atoms with Crippen LogP contribution in [0.2, 0.25) is 0 Å². The first-order chi connectivity index (χ1) is 16.7. The summed E-state index contributed by atoms with van der Waals surface area (Å²) in [6, 6.07) is 0. The summed E-state index contributed by atoms with van der Waals surface area (Å²) in [7, 11) is 0. The zero-order chi connectivity index (χ0) is 26.9. The van der Waals surface area contributed by atoms with Crippen molar-refractivity contribution >= 4 is 11.8 Å². The predicted molar refractivity (Wildman–Crippen MR) is 146 cm³/mol. The van der Waals surface area contributed by atoms with Gasteiger partial charge in [0.2, 0.25) is 0 Å². The molecule has 0 radical (unpaired) electrons. The van der Waals surface area contributed by atoms with E-state index in [1.54, 1.807) is 0 Å². The maximum Gasteiger partial charge on any atom is 0.303 e. The van der Waals surface area contributed by atoms with Crippen LogP contribution >= 0.6 is 0 Å². The van der Waals surface area contributed by atoms with Gasteiger partial charge < -0.3 is 9.84 Å². The van der Waals surface area contributed by atoms with Crippen LogP contribution in [-0.2, 0) is 14.3 Å². The first-order valence-corrected chi connectivity index (χ1v) is 13.9. The highest BCUT2D eigenvalue weighted by Crippen LogP contribution is 2.59. The lowest BCUT2D eigenvalue weighted by Gasteiger charge is -2.44. The Labute approximate surface area is 219 Å². The van der Waals surface area contributed by atoms with Gasteiger partial charge in [-0.3, -0.25) is 9.59 Å². The summed E-state index contributed by atoms with van der Waals surface area (Å²) in [6.07, 6.45) is 16.5. The van der Waals surface area contributed by atoms with E-state index >= 15 is 0 Å². The fraction of sp³-hybridized carbons (Fsp3) is 0.688. The van der Waals surface area contributed by atoms with Gasteiger partial charge in [-0.2, -0.15) is 0 Å². The molecule has 0 aromatic rings. The highest BCUT2D eigenvalue weighted by molar-refractivity contribution is 5.85. The van der Waals surface area contributed by atoms with Crippen molar-refractivity contribution in [1.82, 2.24) is 0 Å². The summed E-state index contributed by atoms with van der Waals surface area (Å²) >= 11 is 0. The lowest BCUT2D eigenvalue weighted by atomic mass is 9.61. The molecule has 4 nitrogen and oxygen atoms in total. The average Bonchev–Trinajstić information content (AvgIpc) is 3.14. The molecule has 200 valence electrons. The van der Waals surface area contributed by atoms with Gasteiger partial charge in [-0.25, -0.2) is 0 Å². The van der Waals surface area contributed by atoms with Gasteiger partial charge in [0.25, 0.3) is 0 Å². The van der Waals surface area contributed by atoms with Crippen LogP contribution in [0.25, 0.3) is 0 Å². The molecular formula is C32H48O4. The number of fused-ring (bicyclic) bond motifs is 1. The van der Waals surface area contributed by atoms with Crippen LogP contribution in [0.3, 0.4) is 0 Å². The SMILES string of the molecule is C=C1CC[C@@](O)(C(C)=O)C/C1=C/C=C1\CCC[C@]2(C)[C@@H]([C@H](C)/C=C/[C@H](C)C(C)(C)OC(C)=O)CC[C@@H]12. The van der Waals surface area contributed by atoms with Gasteiger partial charge in [-0.05, 0) is 94.5 Å². The van der Waals surface area contributed by atoms with E-state index in [-0.39, 0.29) is 23.1 Å². The monoisotopic (exact) mass is 496 g/mol. The summed E-state index contributed by atoms with van der Waals surface area (Å²) in [6.45, 7) is 18.1. The Morgan fingerprint density at radius 3 is 2.44 bits per heavy atom. The number of hydrogen-bond donors (Lipinski definition) is 1. The second-order valence-electron chi connectivity index (χ2n) is 12.6. The van der Waals surface area contributed by atoms with E-state index in [0.717, 1.165) is 17.6 Å². The van der Waals surface area contributed by atoms with Crippen molar-refractivity contribution in [2.45, 2.75) is 111 Å². The third kappa shape index (κ3) is 5.96. The molecule has 0 unspecified atom stereocenters. The topological polar surface area (TPSA) is 63.6 Å². The molecule has 0 saturated heterocycles. The molecular weight excluding hydrogens is 448 g/mol. The summed E-state index contributed by atoms with van der Waals surface area (Å²) in [5, 5.41) is 10.8. The standard InChI is InChI=1S/C32H48O4/c1-21-17-19-32(35,24(4)33)20-27(21)14-13-26-10-9-18-31(8)28(15-16-29(26)31)22(2)11-12-23(3)30(6,7)36-25(5)34/h11-14,22-23,28-29,35H,1,9-10,15-20H2,2-8H3/b12-11+,26-13+,27-14-/t22-,23+,28-,29+,31-,32+/m1/s1. The normalized spacial score (nSPS) is 35.2. The average molecular weight is 497 g/mol. The molecule has 3 aliphatic rings.